The molecule has 0 aliphatic carbocycles. The number of anilines is 2. The second-order valence-corrected chi connectivity index (χ2v) is 8.50. The number of hydrogen-bond donors (Lipinski definition) is 1. The summed E-state index contributed by atoms with van der Waals surface area (Å²) in [6, 6.07) is 20.4. The Hall–Kier alpha value is -4.06. The van der Waals surface area contributed by atoms with Gasteiger partial charge in [0.25, 0.3) is 11.8 Å². The summed E-state index contributed by atoms with van der Waals surface area (Å²) in [5.41, 5.74) is 4.55. The second-order valence-electron chi connectivity index (χ2n) is 8.50. The summed E-state index contributed by atoms with van der Waals surface area (Å²) in [7, 11) is 3.04. The van der Waals surface area contributed by atoms with Crippen molar-refractivity contribution in [2.45, 2.75) is 26.7 Å². The number of benzene rings is 3. The molecule has 4 rings (SSSR count). The molecule has 0 radical (unpaired) electrons. The first-order valence-electron chi connectivity index (χ1n) is 11.1. The number of aryl methyl sites for hydroxylation is 1. The van der Waals surface area contributed by atoms with Gasteiger partial charge in [-0.2, -0.15) is 0 Å². The number of carbonyl (C=O) groups excluding carboxylic acids is 2. The molecule has 6 heteroatoms. The van der Waals surface area contributed by atoms with Crippen LogP contribution in [-0.2, 0) is 9.59 Å². The number of ether oxygens (including phenoxy) is 2. The first-order chi connectivity index (χ1) is 16.3. The predicted octanol–water partition coefficient (Wildman–Crippen LogP) is 5.53. The highest BCUT2D eigenvalue weighted by Gasteiger charge is 2.41. The summed E-state index contributed by atoms with van der Waals surface area (Å²) in [6.07, 6.45) is 0. The number of hydrogen-bond acceptors (Lipinski definition) is 5. The van der Waals surface area contributed by atoms with Crippen molar-refractivity contribution in [1.82, 2.24) is 0 Å². The van der Waals surface area contributed by atoms with Crippen LogP contribution in [0.5, 0.6) is 11.5 Å². The van der Waals surface area contributed by atoms with E-state index >= 15 is 0 Å². The van der Waals surface area contributed by atoms with Gasteiger partial charge in [0.2, 0.25) is 0 Å². The third-order valence-electron chi connectivity index (χ3n) is 5.90. The molecule has 3 aromatic rings. The Kier molecular flexibility index (Phi) is 6.41. The van der Waals surface area contributed by atoms with E-state index in [1.807, 2.05) is 55.5 Å². The normalized spacial score (nSPS) is 13.6. The third-order valence-corrected chi connectivity index (χ3v) is 5.90. The molecule has 1 aliphatic rings. The van der Waals surface area contributed by atoms with E-state index in [2.05, 4.69) is 19.2 Å². The average molecular weight is 457 g/mol. The number of imide groups is 1. The molecule has 1 N–H and O–H groups in total. The molecule has 1 aliphatic heterocycles. The smallest absolute Gasteiger partial charge is 0.282 e. The standard InChI is InChI=1S/C28H28N2O4/c1-17(2)19-10-12-21(13-11-19)29-26-25(20-8-6-18(3)7-9-20)27(31)30(28(26)32)23-15-14-22(33-4)16-24(23)34-5/h6-17,29H,1-5H3. The van der Waals surface area contributed by atoms with Gasteiger partial charge >= 0.3 is 0 Å². The van der Waals surface area contributed by atoms with E-state index in [1.165, 1.54) is 12.7 Å². The predicted molar refractivity (Wildman–Crippen MR) is 134 cm³/mol. The molecular formula is C28H28N2O4. The molecule has 0 unspecified atom stereocenters. The van der Waals surface area contributed by atoms with E-state index in [0.717, 1.165) is 16.2 Å². The van der Waals surface area contributed by atoms with Crippen LogP contribution in [0.4, 0.5) is 11.4 Å². The van der Waals surface area contributed by atoms with E-state index < -0.39 is 11.8 Å². The van der Waals surface area contributed by atoms with E-state index in [9.17, 15) is 9.59 Å². The number of rotatable bonds is 7. The van der Waals surface area contributed by atoms with Gasteiger partial charge in [-0.05, 0) is 48.2 Å². The summed E-state index contributed by atoms with van der Waals surface area (Å²) in [6.45, 7) is 6.23. The van der Waals surface area contributed by atoms with Gasteiger partial charge in [0, 0.05) is 11.8 Å². The summed E-state index contributed by atoms with van der Waals surface area (Å²) in [4.78, 5) is 28.5. The molecule has 34 heavy (non-hydrogen) atoms. The molecule has 0 atom stereocenters. The molecule has 0 spiro atoms. The van der Waals surface area contributed by atoms with Crippen molar-refractivity contribution in [3.8, 4) is 11.5 Å². The molecule has 0 bridgehead atoms. The number of amides is 2. The van der Waals surface area contributed by atoms with Crippen molar-refractivity contribution in [3.63, 3.8) is 0 Å². The maximum absolute atomic E-state index is 13.7. The zero-order valence-corrected chi connectivity index (χ0v) is 20.0. The largest absolute Gasteiger partial charge is 0.497 e. The fraction of sp³-hybridized carbons (Fsp3) is 0.214. The van der Waals surface area contributed by atoms with E-state index in [4.69, 9.17) is 9.47 Å². The lowest BCUT2D eigenvalue weighted by Gasteiger charge is -2.19. The summed E-state index contributed by atoms with van der Waals surface area (Å²) < 4.78 is 10.7. The van der Waals surface area contributed by atoms with Crippen molar-refractivity contribution in [3.05, 3.63) is 89.1 Å². The Morgan fingerprint density at radius 2 is 1.50 bits per heavy atom. The Labute approximate surface area is 199 Å². The molecule has 0 saturated carbocycles. The van der Waals surface area contributed by atoms with Crippen LogP contribution >= 0.6 is 0 Å². The Balaban J connectivity index is 1.80. The van der Waals surface area contributed by atoms with Crippen LogP contribution in [0.1, 0.15) is 36.5 Å². The number of methoxy groups -OCH3 is 2. The minimum Gasteiger partial charge on any atom is -0.497 e. The van der Waals surface area contributed by atoms with Crippen LogP contribution in [-0.4, -0.2) is 26.0 Å². The van der Waals surface area contributed by atoms with Crippen LogP contribution < -0.4 is 19.7 Å². The minimum absolute atomic E-state index is 0.226. The number of nitrogens with one attached hydrogen (secondary N) is 1. The van der Waals surface area contributed by atoms with Gasteiger partial charge in [-0.25, -0.2) is 4.90 Å². The second kappa shape index (κ2) is 9.43. The Morgan fingerprint density at radius 3 is 2.09 bits per heavy atom. The van der Waals surface area contributed by atoms with Crippen LogP contribution in [0, 0.1) is 6.92 Å². The molecule has 0 saturated heterocycles. The molecule has 2 amide bonds. The Bertz CT molecular complexity index is 1260. The van der Waals surface area contributed by atoms with Crippen molar-refractivity contribution in [2.75, 3.05) is 24.4 Å². The van der Waals surface area contributed by atoms with Crippen molar-refractivity contribution in [2.24, 2.45) is 0 Å². The fourth-order valence-electron chi connectivity index (χ4n) is 3.92. The molecule has 1 heterocycles. The van der Waals surface area contributed by atoms with E-state index in [0.29, 0.717) is 34.2 Å². The maximum atomic E-state index is 13.7. The highest BCUT2D eigenvalue weighted by Crippen LogP contribution is 2.39. The fourth-order valence-corrected chi connectivity index (χ4v) is 3.92. The molecule has 3 aromatic carbocycles. The third kappa shape index (κ3) is 4.27. The van der Waals surface area contributed by atoms with Gasteiger partial charge in [-0.3, -0.25) is 9.59 Å². The lowest BCUT2D eigenvalue weighted by Crippen LogP contribution is -2.32. The van der Waals surface area contributed by atoms with Gasteiger partial charge < -0.3 is 14.8 Å². The van der Waals surface area contributed by atoms with Gasteiger partial charge in [-0.15, -0.1) is 0 Å². The summed E-state index contributed by atoms with van der Waals surface area (Å²) in [5, 5.41) is 3.21. The van der Waals surface area contributed by atoms with Crippen LogP contribution in [0.15, 0.2) is 72.4 Å². The molecule has 6 nitrogen and oxygen atoms in total. The monoisotopic (exact) mass is 456 g/mol. The Morgan fingerprint density at radius 1 is 0.824 bits per heavy atom. The van der Waals surface area contributed by atoms with Crippen molar-refractivity contribution in [1.29, 1.82) is 0 Å². The highest BCUT2D eigenvalue weighted by atomic mass is 16.5. The van der Waals surface area contributed by atoms with Gasteiger partial charge in [0.05, 0.1) is 25.5 Å². The lowest BCUT2D eigenvalue weighted by molar-refractivity contribution is -0.120. The zero-order chi connectivity index (χ0) is 24.4. The molecule has 174 valence electrons. The topological polar surface area (TPSA) is 67.9 Å². The minimum atomic E-state index is -0.447. The molecular weight excluding hydrogens is 428 g/mol. The van der Waals surface area contributed by atoms with Crippen LogP contribution in [0.3, 0.4) is 0 Å². The SMILES string of the molecule is COc1ccc(N2C(=O)C(Nc3ccc(C(C)C)cc3)=C(c3ccc(C)cc3)C2=O)c(OC)c1. The van der Waals surface area contributed by atoms with Gasteiger partial charge in [0.15, 0.2) is 0 Å². The average Bonchev–Trinajstić information content (AvgIpc) is 3.08. The highest BCUT2D eigenvalue weighted by molar-refractivity contribution is 6.46. The first-order valence-corrected chi connectivity index (χ1v) is 11.1. The number of nitrogens with zero attached hydrogens (tertiary/aromatic N) is 1. The lowest BCUT2D eigenvalue weighted by atomic mass is 10.0. The van der Waals surface area contributed by atoms with E-state index in [-0.39, 0.29) is 5.70 Å². The quantitative estimate of drug-likeness (QED) is 0.473. The van der Waals surface area contributed by atoms with Crippen molar-refractivity contribution < 1.29 is 19.1 Å². The van der Waals surface area contributed by atoms with Gasteiger partial charge in [-0.1, -0.05) is 55.8 Å². The van der Waals surface area contributed by atoms with Gasteiger partial charge in [0.1, 0.15) is 17.2 Å². The number of carbonyl (C=O) groups is 2. The van der Waals surface area contributed by atoms with Crippen LogP contribution in [0.25, 0.3) is 5.57 Å². The molecule has 0 aromatic heterocycles. The van der Waals surface area contributed by atoms with E-state index in [1.54, 1.807) is 25.3 Å². The summed E-state index contributed by atoms with van der Waals surface area (Å²) in [5.74, 6) is 0.460. The summed E-state index contributed by atoms with van der Waals surface area (Å²) >= 11 is 0. The first kappa shape index (κ1) is 23.1. The zero-order valence-electron chi connectivity index (χ0n) is 20.0. The molecule has 0 fully saturated rings. The van der Waals surface area contributed by atoms with Crippen LogP contribution in [0.2, 0.25) is 0 Å². The van der Waals surface area contributed by atoms with Crippen molar-refractivity contribution >= 4 is 28.8 Å². The maximum Gasteiger partial charge on any atom is 0.282 e.